The second kappa shape index (κ2) is 7.35. The smallest absolute Gasteiger partial charge is 0.131 e. The molecule has 0 spiro atoms. The summed E-state index contributed by atoms with van der Waals surface area (Å²) in [5, 5.41) is 0. The summed E-state index contributed by atoms with van der Waals surface area (Å²) in [6.45, 7) is 8.51. The summed E-state index contributed by atoms with van der Waals surface area (Å²) in [5.74, 6) is 0.381. The topological polar surface area (TPSA) is 18.5 Å². The van der Waals surface area contributed by atoms with Crippen LogP contribution in [0.15, 0.2) is 36.4 Å². The van der Waals surface area contributed by atoms with Crippen molar-refractivity contribution in [2.24, 2.45) is 5.41 Å². The van der Waals surface area contributed by atoms with Gasteiger partial charge in [-0.2, -0.15) is 0 Å². The molecule has 2 nitrogen and oxygen atoms in total. The van der Waals surface area contributed by atoms with E-state index >= 15 is 0 Å². The Morgan fingerprint density at radius 1 is 1.00 bits per heavy atom. The lowest BCUT2D eigenvalue weighted by molar-refractivity contribution is 0.0155. The molecule has 0 N–H and O–H groups in total. The van der Waals surface area contributed by atoms with Crippen LogP contribution in [0.5, 0.6) is 5.75 Å². The van der Waals surface area contributed by atoms with Crippen LogP contribution in [-0.4, -0.2) is 14.2 Å². The Bertz CT molecular complexity index is 701. The van der Waals surface area contributed by atoms with Gasteiger partial charge in [0.15, 0.2) is 0 Å². The highest BCUT2D eigenvalue weighted by Crippen LogP contribution is 2.42. The first-order valence-electron chi connectivity index (χ1n) is 8.31. The predicted molar refractivity (Wildman–Crippen MR) is 97.0 cm³/mol. The van der Waals surface area contributed by atoms with Crippen molar-refractivity contribution in [3.8, 4) is 16.9 Å². The average molecular weight is 330 g/mol. The summed E-state index contributed by atoms with van der Waals surface area (Å²) in [7, 11) is 3.30. The molecule has 0 bridgehead atoms. The minimum Gasteiger partial charge on any atom is -0.497 e. The van der Waals surface area contributed by atoms with Crippen molar-refractivity contribution in [3.63, 3.8) is 0 Å². The quantitative estimate of drug-likeness (QED) is 0.690. The van der Waals surface area contributed by atoms with Crippen LogP contribution in [0.4, 0.5) is 4.39 Å². The van der Waals surface area contributed by atoms with Crippen molar-refractivity contribution >= 4 is 0 Å². The Balaban J connectivity index is 2.70. The van der Waals surface area contributed by atoms with E-state index in [4.69, 9.17) is 9.47 Å². The van der Waals surface area contributed by atoms with Crippen molar-refractivity contribution < 1.29 is 13.9 Å². The summed E-state index contributed by atoms with van der Waals surface area (Å²) in [4.78, 5) is 0. The van der Waals surface area contributed by atoms with Crippen LogP contribution in [0.2, 0.25) is 0 Å². The Kier molecular flexibility index (Phi) is 5.66. The Morgan fingerprint density at radius 2 is 1.71 bits per heavy atom. The normalized spacial score (nSPS) is 13.0. The third-order valence-corrected chi connectivity index (χ3v) is 4.29. The van der Waals surface area contributed by atoms with Gasteiger partial charge in [-0.1, -0.05) is 45.9 Å². The largest absolute Gasteiger partial charge is 0.497 e. The number of rotatable bonds is 5. The molecule has 3 heteroatoms. The first-order chi connectivity index (χ1) is 11.3. The van der Waals surface area contributed by atoms with E-state index < -0.39 is 0 Å². The van der Waals surface area contributed by atoms with Crippen molar-refractivity contribution in [2.75, 3.05) is 14.2 Å². The number of ether oxygens (including phenoxy) is 2. The molecule has 2 rings (SSSR count). The number of hydrogen-bond acceptors (Lipinski definition) is 2. The minimum absolute atomic E-state index is 0.106. The molecule has 0 aliphatic rings. The summed E-state index contributed by atoms with van der Waals surface area (Å²) < 4.78 is 25.6. The van der Waals surface area contributed by atoms with Crippen LogP contribution >= 0.6 is 0 Å². The molecule has 0 aliphatic heterocycles. The van der Waals surface area contributed by atoms with Gasteiger partial charge in [-0.3, -0.25) is 0 Å². The standard InChI is InChI=1S/C21H27FO2/c1-7-14-8-10-16(17-13-15(23-5)9-11-19(17)22)18(12-14)20(24-6)21(2,3)4/h8-13,20H,7H2,1-6H3/t20-/m1/s1. The molecule has 0 radical (unpaired) electrons. The maximum absolute atomic E-state index is 14.5. The van der Waals surface area contributed by atoms with Gasteiger partial charge in [-0.15, -0.1) is 0 Å². The van der Waals surface area contributed by atoms with Gasteiger partial charge in [-0.25, -0.2) is 4.39 Å². The maximum Gasteiger partial charge on any atom is 0.131 e. The molecule has 0 aliphatic carbocycles. The van der Waals surface area contributed by atoms with Crippen LogP contribution in [0.25, 0.3) is 11.1 Å². The molecule has 0 heterocycles. The van der Waals surface area contributed by atoms with Gasteiger partial charge in [-0.05, 0) is 46.7 Å². The molecule has 1 atom stereocenters. The third-order valence-electron chi connectivity index (χ3n) is 4.29. The first kappa shape index (κ1) is 18.5. The summed E-state index contributed by atoms with van der Waals surface area (Å²) in [6, 6.07) is 11.0. The zero-order valence-corrected chi connectivity index (χ0v) is 15.4. The third kappa shape index (κ3) is 3.78. The van der Waals surface area contributed by atoms with Crippen molar-refractivity contribution in [1.82, 2.24) is 0 Å². The Hall–Kier alpha value is -1.87. The molecular weight excluding hydrogens is 303 g/mol. The van der Waals surface area contributed by atoms with Gasteiger partial charge in [0.1, 0.15) is 11.6 Å². The molecule has 0 unspecified atom stereocenters. The fraction of sp³-hybridized carbons (Fsp3) is 0.429. The van der Waals surface area contributed by atoms with Crippen LogP contribution in [0.3, 0.4) is 0 Å². The minimum atomic E-state index is -0.259. The summed E-state index contributed by atoms with van der Waals surface area (Å²) >= 11 is 0. The van der Waals surface area contributed by atoms with E-state index in [2.05, 4.69) is 33.8 Å². The van der Waals surface area contributed by atoms with Crippen LogP contribution in [0, 0.1) is 11.2 Å². The predicted octanol–water partition coefficient (Wildman–Crippen LogP) is 5.80. The molecule has 0 aromatic heterocycles. The van der Waals surface area contributed by atoms with E-state index in [0.717, 1.165) is 17.5 Å². The van der Waals surface area contributed by atoms with Gasteiger partial charge < -0.3 is 9.47 Å². The molecule has 0 saturated heterocycles. The summed E-state index contributed by atoms with van der Waals surface area (Å²) in [5.41, 5.74) is 3.51. The van der Waals surface area contributed by atoms with E-state index in [1.165, 1.54) is 11.6 Å². The van der Waals surface area contributed by atoms with Crippen molar-refractivity contribution in [1.29, 1.82) is 0 Å². The molecule has 24 heavy (non-hydrogen) atoms. The average Bonchev–Trinajstić information content (AvgIpc) is 2.55. The van der Waals surface area contributed by atoms with E-state index in [0.29, 0.717) is 11.3 Å². The SMILES string of the molecule is CCc1ccc(-c2cc(OC)ccc2F)c([C@@H](OC)C(C)(C)C)c1. The molecule has 0 amide bonds. The van der Waals surface area contributed by atoms with Gasteiger partial charge in [0.05, 0.1) is 13.2 Å². The lowest BCUT2D eigenvalue weighted by Crippen LogP contribution is -2.21. The van der Waals surface area contributed by atoms with Crippen molar-refractivity contribution in [2.45, 2.75) is 40.2 Å². The zero-order valence-electron chi connectivity index (χ0n) is 15.4. The highest BCUT2D eigenvalue weighted by molar-refractivity contribution is 5.70. The Labute approximate surface area is 144 Å². The van der Waals surface area contributed by atoms with Crippen LogP contribution in [0.1, 0.15) is 44.9 Å². The summed E-state index contributed by atoms with van der Waals surface area (Å²) in [6.07, 6.45) is 0.790. The van der Waals surface area contributed by atoms with Crippen LogP contribution < -0.4 is 4.74 Å². The number of methoxy groups -OCH3 is 2. The number of hydrogen-bond donors (Lipinski definition) is 0. The molecule has 130 valence electrons. The fourth-order valence-electron chi connectivity index (χ4n) is 3.08. The van der Waals surface area contributed by atoms with Gasteiger partial charge in [0.2, 0.25) is 0 Å². The van der Waals surface area contributed by atoms with E-state index in [9.17, 15) is 4.39 Å². The van der Waals surface area contributed by atoms with E-state index in [1.54, 1.807) is 26.4 Å². The van der Waals surface area contributed by atoms with E-state index in [-0.39, 0.29) is 17.3 Å². The number of benzene rings is 2. The zero-order chi connectivity index (χ0) is 17.9. The molecule has 0 saturated carbocycles. The second-order valence-electron chi connectivity index (χ2n) is 7.10. The van der Waals surface area contributed by atoms with Gasteiger partial charge in [0, 0.05) is 12.7 Å². The van der Waals surface area contributed by atoms with Gasteiger partial charge >= 0.3 is 0 Å². The lowest BCUT2D eigenvalue weighted by Gasteiger charge is -2.32. The molecule has 0 fully saturated rings. The molecule has 2 aromatic rings. The second-order valence-corrected chi connectivity index (χ2v) is 7.10. The Morgan fingerprint density at radius 3 is 2.25 bits per heavy atom. The highest BCUT2D eigenvalue weighted by Gasteiger charge is 2.29. The molecule has 2 aromatic carbocycles. The number of aryl methyl sites for hydroxylation is 1. The monoisotopic (exact) mass is 330 g/mol. The lowest BCUT2D eigenvalue weighted by atomic mass is 9.81. The number of halogens is 1. The fourth-order valence-corrected chi connectivity index (χ4v) is 3.08. The van der Waals surface area contributed by atoms with Gasteiger partial charge in [0.25, 0.3) is 0 Å². The van der Waals surface area contributed by atoms with Crippen molar-refractivity contribution in [3.05, 3.63) is 53.3 Å². The maximum atomic E-state index is 14.5. The highest BCUT2D eigenvalue weighted by atomic mass is 19.1. The molecular formula is C21H27FO2. The van der Waals surface area contributed by atoms with E-state index in [1.807, 2.05) is 12.1 Å². The van der Waals surface area contributed by atoms with Crippen LogP contribution in [-0.2, 0) is 11.2 Å². The first-order valence-corrected chi connectivity index (χ1v) is 8.31.